The number of carbonyl (C=O) groups is 1. The number of rotatable bonds is 2. The minimum Gasteiger partial charge on any atom is -0.351 e. The van der Waals surface area contributed by atoms with Gasteiger partial charge in [0.1, 0.15) is 5.84 Å². The van der Waals surface area contributed by atoms with Gasteiger partial charge in [0.25, 0.3) is 0 Å². The van der Waals surface area contributed by atoms with Crippen LogP contribution in [0.25, 0.3) is 0 Å². The quantitative estimate of drug-likeness (QED) is 0.905. The molecular weight excluding hydrogens is 335 g/mol. The van der Waals surface area contributed by atoms with Crippen molar-refractivity contribution in [3.05, 3.63) is 54.4 Å². The van der Waals surface area contributed by atoms with E-state index < -0.39 is 17.8 Å². The second kappa shape index (κ2) is 6.42. The van der Waals surface area contributed by atoms with Crippen LogP contribution in [-0.2, 0) is 6.18 Å². The van der Waals surface area contributed by atoms with Crippen LogP contribution in [0.2, 0.25) is 0 Å². The summed E-state index contributed by atoms with van der Waals surface area (Å²) in [6.07, 6.45) is -1.07. The number of urea groups is 1. The van der Waals surface area contributed by atoms with E-state index in [1.807, 2.05) is 0 Å². The molecule has 1 aliphatic rings. The lowest BCUT2D eigenvalue weighted by molar-refractivity contribution is -0.137. The number of alkyl halides is 3. The Balaban J connectivity index is 1.90. The molecule has 1 aliphatic heterocycles. The summed E-state index contributed by atoms with van der Waals surface area (Å²) in [5.41, 5.74) is 5.40. The maximum absolute atomic E-state index is 12.9. The lowest BCUT2D eigenvalue weighted by atomic mass is 10.2. The number of halogens is 3. The smallest absolute Gasteiger partial charge is 0.351 e. The number of nitrogens with zero attached hydrogens (tertiary/aromatic N) is 4. The van der Waals surface area contributed by atoms with E-state index in [1.54, 1.807) is 18.3 Å². The van der Waals surface area contributed by atoms with Gasteiger partial charge in [-0.1, -0.05) is 6.07 Å². The predicted octanol–water partition coefficient (Wildman–Crippen LogP) is 3.21. The number of carbonyl (C=O) groups excluding carboxylic acids is 1. The van der Waals surface area contributed by atoms with Crippen LogP contribution in [0.4, 0.5) is 29.3 Å². The summed E-state index contributed by atoms with van der Waals surface area (Å²) in [5.74, 6) is 0.345. The molecule has 2 heterocycles. The van der Waals surface area contributed by atoms with Gasteiger partial charge in [0.05, 0.1) is 23.1 Å². The van der Waals surface area contributed by atoms with Crippen LogP contribution < -0.4 is 15.6 Å². The molecule has 0 fully saturated rings. The molecule has 0 radical (unpaired) electrons. The highest BCUT2D eigenvalue weighted by Gasteiger charge is 2.32. The molecule has 2 amide bonds. The first-order valence-electron chi connectivity index (χ1n) is 7.38. The molecule has 0 aliphatic carbocycles. The number of amides is 2. The Hall–Kier alpha value is -3.10. The number of anilines is 2. The molecule has 2 aromatic rings. The molecule has 0 unspecified atom stereocenters. The maximum atomic E-state index is 12.9. The molecule has 0 saturated heterocycles. The summed E-state index contributed by atoms with van der Waals surface area (Å²) in [5, 5.41) is 5.67. The molecule has 6 nitrogen and oxygen atoms in total. The van der Waals surface area contributed by atoms with Crippen LogP contribution >= 0.6 is 0 Å². The third-order valence-electron chi connectivity index (χ3n) is 3.64. The van der Waals surface area contributed by atoms with Gasteiger partial charge < -0.3 is 5.73 Å². The van der Waals surface area contributed by atoms with E-state index in [0.29, 0.717) is 30.2 Å². The zero-order chi connectivity index (χ0) is 18.0. The van der Waals surface area contributed by atoms with Gasteiger partial charge in [-0.15, -0.1) is 0 Å². The van der Waals surface area contributed by atoms with Gasteiger partial charge in [-0.3, -0.25) is 9.99 Å². The molecule has 1 aromatic carbocycles. The molecule has 0 spiro atoms. The number of amidine groups is 1. The monoisotopic (exact) mass is 349 g/mol. The van der Waals surface area contributed by atoms with Crippen molar-refractivity contribution in [3.63, 3.8) is 0 Å². The third-order valence-corrected chi connectivity index (χ3v) is 3.64. The number of pyridine rings is 1. The number of benzene rings is 1. The zero-order valence-corrected chi connectivity index (χ0v) is 12.9. The van der Waals surface area contributed by atoms with Gasteiger partial charge >= 0.3 is 12.2 Å². The minimum absolute atomic E-state index is 0.292. The van der Waals surface area contributed by atoms with Crippen LogP contribution in [0.1, 0.15) is 12.0 Å². The van der Waals surface area contributed by atoms with Crippen molar-refractivity contribution in [2.24, 2.45) is 10.8 Å². The average molecular weight is 349 g/mol. The van der Waals surface area contributed by atoms with Crippen LogP contribution in [0.15, 0.2) is 53.9 Å². The van der Waals surface area contributed by atoms with Crippen molar-refractivity contribution >= 4 is 23.2 Å². The first-order chi connectivity index (χ1) is 11.9. The second-order valence-electron chi connectivity index (χ2n) is 5.32. The molecule has 3 rings (SSSR count). The van der Waals surface area contributed by atoms with Gasteiger partial charge in [0, 0.05) is 19.2 Å². The van der Waals surface area contributed by atoms with Crippen LogP contribution in [-0.4, -0.2) is 23.4 Å². The Morgan fingerprint density at radius 2 is 2.04 bits per heavy atom. The fraction of sp³-hybridized carbons (Fsp3) is 0.188. The highest BCUT2D eigenvalue weighted by atomic mass is 19.4. The van der Waals surface area contributed by atoms with Crippen LogP contribution in [0, 0.1) is 0 Å². The Bertz CT molecular complexity index is 807. The molecule has 0 saturated carbocycles. The molecule has 130 valence electrons. The third kappa shape index (κ3) is 3.54. The molecule has 9 heteroatoms. The Kier molecular flexibility index (Phi) is 4.30. The lowest BCUT2D eigenvalue weighted by Gasteiger charge is -2.19. The van der Waals surface area contributed by atoms with Crippen molar-refractivity contribution in [1.82, 2.24) is 4.98 Å². The first-order valence-corrected chi connectivity index (χ1v) is 7.38. The van der Waals surface area contributed by atoms with E-state index in [-0.39, 0.29) is 0 Å². The Morgan fingerprint density at radius 3 is 2.68 bits per heavy atom. The number of primary amides is 1. The largest absolute Gasteiger partial charge is 0.416 e. The maximum Gasteiger partial charge on any atom is 0.416 e. The topological polar surface area (TPSA) is 74.8 Å². The van der Waals surface area contributed by atoms with Gasteiger partial charge in [-0.25, -0.2) is 9.69 Å². The van der Waals surface area contributed by atoms with E-state index in [0.717, 1.165) is 12.1 Å². The van der Waals surface area contributed by atoms with E-state index in [9.17, 15) is 18.0 Å². The first kappa shape index (κ1) is 16.7. The van der Waals surface area contributed by atoms with E-state index in [2.05, 4.69) is 10.1 Å². The fourth-order valence-electron chi connectivity index (χ4n) is 2.52. The van der Waals surface area contributed by atoms with E-state index in [1.165, 1.54) is 28.2 Å². The summed E-state index contributed by atoms with van der Waals surface area (Å²) in [6.45, 7) is 0.334. The molecule has 0 atom stereocenters. The fourth-order valence-corrected chi connectivity index (χ4v) is 2.52. The van der Waals surface area contributed by atoms with Crippen molar-refractivity contribution in [1.29, 1.82) is 0 Å². The Labute approximate surface area is 141 Å². The molecule has 2 N–H and O–H groups in total. The average Bonchev–Trinajstić information content (AvgIpc) is 3.04. The zero-order valence-electron chi connectivity index (χ0n) is 12.9. The van der Waals surface area contributed by atoms with Crippen LogP contribution in [0.5, 0.6) is 0 Å². The Morgan fingerprint density at radius 1 is 1.24 bits per heavy atom. The van der Waals surface area contributed by atoms with Gasteiger partial charge in [-0.05, 0) is 30.3 Å². The van der Waals surface area contributed by atoms with Crippen molar-refractivity contribution in [3.8, 4) is 0 Å². The lowest BCUT2D eigenvalue weighted by Crippen LogP contribution is -2.40. The second-order valence-corrected chi connectivity index (χ2v) is 5.32. The van der Waals surface area contributed by atoms with Crippen molar-refractivity contribution < 1.29 is 18.0 Å². The number of nitrogens with two attached hydrogens (primary N) is 1. The van der Waals surface area contributed by atoms with Gasteiger partial charge in [0.15, 0.2) is 0 Å². The highest BCUT2D eigenvalue weighted by Crippen LogP contribution is 2.32. The standard InChI is InChI=1S/C16H14F3N5O/c17-16(18,19)11-3-1-4-12(9-11)23-8-6-14(22-23)24(15(20)25)13-5-2-7-21-10-13/h1-5,7,9-10H,6,8H2,(H2,20,25). The summed E-state index contributed by atoms with van der Waals surface area (Å²) in [4.78, 5) is 16.9. The molecule has 25 heavy (non-hydrogen) atoms. The molecular formula is C16H14F3N5O. The summed E-state index contributed by atoms with van der Waals surface area (Å²) < 4.78 is 38.6. The normalized spacial score (nSPS) is 14.4. The molecule has 0 bridgehead atoms. The molecule has 1 aromatic heterocycles. The highest BCUT2D eigenvalue weighted by molar-refractivity contribution is 6.16. The van der Waals surface area contributed by atoms with Crippen LogP contribution in [0.3, 0.4) is 0 Å². The SMILES string of the molecule is NC(=O)N(C1=NN(c2cccc(C(F)(F)F)c2)CC1)c1cccnc1. The summed E-state index contributed by atoms with van der Waals surface area (Å²) in [6, 6.07) is 7.41. The van der Waals surface area contributed by atoms with Gasteiger partial charge in [-0.2, -0.15) is 18.3 Å². The van der Waals surface area contributed by atoms with Gasteiger partial charge in [0.2, 0.25) is 0 Å². The van der Waals surface area contributed by atoms with E-state index >= 15 is 0 Å². The van der Waals surface area contributed by atoms with Crippen molar-refractivity contribution in [2.45, 2.75) is 12.6 Å². The number of hydrogen-bond acceptors (Lipinski definition) is 4. The number of aromatic nitrogens is 1. The number of hydrogen-bond donors (Lipinski definition) is 1. The summed E-state index contributed by atoms with van der Waals surface area (Å²) >= 11 is 0. The summed E-state index contributed by atoms with van der Waals surface area (Å²) in [7, 11) is 0. The van der Waals surface area contributed by atoms with Crippen molar-refractivity contribution in [2.75, 3.05) is 16.5 Å². The van der Waals surface area contributed by atoms with E-state index in [4.69, 9.17) is 5.73 Å². The predicted molar refractivity (Wildman–Crippen MR) is 87.1 cm³/mol. The number of hydrazone groups is 1. The minimum atomic E-state index is -4.43.